The summed E-state index contributed by atoms with van der Waals surface area (Å²) in [6.07, 6.45) is -2.69. The van der Waals surface area contributed by atoms with Crippen LogP contribution in [-0.2, 0) is 19.0 Å². The third-order valence-corrected chi connectivity index (χ3v) is 3.81. The minimum absolute atomic E-state index is 0.324. The predicted molar refractivity (Wildman–Crippen MR) is 85.3 cm³/mol. The van der Waals surface area contributed by atoms with Crippen LogP contribution in [0.1, 0.15) is 19.8 Å². The maximum atomic E-state index is 11.3. The normalized spacial score (nSPS) is 30.3. The molecule has 1 unspecified atom stereocenters. The van der Waals surface area contributed by atoms with E-state index in [1.165, 1.54) is 6.92 Å². The fourth-order valence-electron chi connectivity index (χ4n) is 2.65. The van der Waals surface area contributed by atoms with Gasteiger partial charge >= 0.3 is 0 Å². The van der Waals surface area contributed by atoms with Gasteiger partial charge in [-0.05, 0) is 12.8 Å². The number of hydrogen-bond acceptors (Lipinski definition) is 8. The summed E-state index contributed by atoms with van der Waals surface area (Å²) in [6.45, 7) is 3.31. The van der Waals surface area contributed by atoms with E-state index >= 15 is 0 Å². The molecule has 9 nitrogen and oxygen atoms in total. The molecule has 1 aliphatic heterocycles. The van der Waals surface area contributed by atoms with Crippen molar-refractivity contribution in [3.63, 3.8) is 0 Å². The molecule has 1 saturated heterocycles. The fourth-order valence-corrected chi connectivity index (χ4v) is 2.65. The van der Waals surface area contributed by atoms with E-state index in [1.54, 1.807) is 0 Å². The molecule has 5 atom stereocenters. The molecule has 1 fully saturated rings. The second kappa shape index (κ2) is 11.7. The summed E-state index contributed by atoms with van der Waals surface area (Å²) in [5.41, 5.74) is 5.30. The van der Waals surface area contributed by atoms with E-state index in [0.717, 1.165) is 0 Å². The Morgan fingerprint density at radius 1 is 1.12 bits per heavy atom. The molecular weight excluding hydrogens is 320 g/mol. The molecule has 9 heteroatoms. The highest BCUT2D eigenvalue weighted by Gasteiger charge is 2.44. The molecule has 0 aromatic carbocycles. The van der Waals surface area contributed by atoms with Crippen LogP contribution in [0.15, 0.2) is 0 Å². The Balaban J connectivity index is 2.39. The van der Waals surface area contributed by atoms with Crippen molar-refractivity contribution in [2.24, 2.45) is 5.73 Å². The second-order valence-electron chi connectivity index (χ2n) is 5.76. The average molecular weight is 350 g/mol. The molecule has 0 spiro atoms. The third-order valence-electron chi connectivity index (χ3n) is 3.81. The number of carbonyl (C=O) groups is 1. The predicted octanol–water partition coefficient (Wildman–Crippen LogP) is -2.26. The summed E-state index contributed by atoms with van der Waals surface area (Å²) in [6, 6.07) is -0.729. The van der Waals surface area contributed by atoms with Crippen LogP contribution in [0.4, 0.5) is 0 Å². The van der Waals surface area contributed by atoms with Crippen molar-refractivity contribution in [1.29, 1.82) is 0 Å². The first kappa shape index (κ1) is 21.2. The number of carbonyl (C=O) groups excluding carboxylic acids is 1. The van der Waals surface area contributed by atoms with Gasteiger partial charge in [0.05, 0.1) is 38.6 Å². The van der Waals surface area contributed by atoms with Crippen LogP contribution >= 0.6 is 0 Å². The molecule has 0 aromatic heterocycles. The van der Waals surface area contributed by atoms with Crippen molar-refractivity contribution < 1.29 is 34.3 Å². The van der Waals surface area contributed by atoms with E-state index in [4.69, 9.17) is 19.9 Å². The van der Waals surface area contributed by atoms with Gasteiger partial charge in [-0.25, -0.2) is 0 Å². The van der Waals surface area contributed by atoms with Crippen LogP contribution in [0.3, 0.4) is 0 Å². The van der Waals surface area contributed by atoms with Crippen LogP contribution in [0.25, 0.3) is 0 Å². The van der Waals surface area contributed by atoms with Gasteiger partial charge in [-0.3, -0.25) is 4.79 Å². The van der Waals surface area contributed by atoms with E-state index in [9.17, 15) is 20.1 Å². The van der Waals surface area contributed by atoms with Gasteiger partial charge in [-0.2, -0.15) is 0 Å². The molecule has 1 amide bonds. The summed E-state index contributed by atoms with van der Waals surface area (Å²) in [5.74, 6) is -0.324. The Labute approximate surface area is 142 Å². The summed E-state index contributed by atoms with van der Waals surface area (Å²) in [5, 5.41) is 31.9. The number of amides is 1. The van der Waals surface area contributed by atoms with Gasteiger partial charge in [0, 0.05) is 20.1 Å². The van der Waals surface area contributed by atoms with Crippen LogP contribution in [-0.4, -0.2) is 91.3 Å². The minimum atomic E-state index is -1.25. The Bertz CT molecular complexity index is 359. The highest BCUT2D eigenvalue weighted by molar-refractivity contribution is 5.73. The van der Waals surface area contributed by atoms with E-state index in [1.807, 2.05) is 0 Å². The molecule has 142 valence electrons. The highest BCUT2D eigenvalue weighted by atomic mass is 16.5. The first-order chi connectivity index (χ1) is 11.5. The van der Waals surface area contributed by atoms with Crippen molar-refractivity contribution in [3.8, 4) is 0 Å². The van der Waals surface area contributed by atoms with Gasteiger partial charge in [-0.15, -0.1) is 0 Å². The highest BCUT2D eigenvalue weighted by Crippen LogP contribution is 2.24. The lowest BCUT2D eigenvalue weighted by atomic mass is 9.90. The summed E-state index contributed by atoms with van der Waals surface area (Å²) >= 11 is 0. The van der Waals surface area contributed by atoms with Gasteiger partial charge in [0.2, 0.25) is 5.91 Å². The number of ether oxygens (including phenoxy) is 3. The lowest BCUT2D eigenvalue weighted by Crippen LogP contribution is -2.63. The molecule has 1 aliphatic rings. The van der Waals surface area contributed by atoms with Gasteiger partial charge in [-0.1, -0.05) is 0 Å². The number of nitrogens with two attached hydrogens (primary N) is 1. The topological polar surface area (TPSA) is 144 Å². The zero-order valence-electron chi connectivity index (χ0n) is 14.1. The fraction of sp³-hybridized carbons (Fsp3) is 0.933. The van der Waals surface area contributed by atoms with Gasteiger partial charge in [0.25, 0.3) is 0 Å². The molecule has 0 aliphatic carbocycles. The Morgan fingerprint density at radius 2 is 1.79 bits per heavy atom. The van der Waals surface area contributed by atoms with Crippen LogP contribution in [0.5, 0.6) is 0 Å². The standard InChI is InChI=1S/C15H30N2O7/c1-10(19)17-13-11(24-12(9-18)14(20)15(13)21)3-2-5-22-7-8-23-6-4-16/h11-15,18,20-21H,2-9,16H2,1H3,(H,17,19)/t11-,12-,13+,14?,15-/m1/s1. The zero-order chi connectivity index (χ0) is 17.9. The maximum Gasteiger partial charge on any atom is 0.217 e. The maximum absolute atomic E-state index is 11.3. The van der Waals surface area contributed by atoms with Gasteiger partial charge in [0.1, 0.15) is 18.3 Å². The first-order valence-corrected chi connectivity index (χ1v) is 8.26. The molecule has 0 radical (unpaired) electrons. The summed E-state index contributed by atoms with van der Waals surface area (Å²) in [7, 11) is 0. The lowest BCUT2D eigenvalue weighted by Gasteiger charge is -2.42. The minimum Gasteiger partial charge on any atom is -0.394 e. The Kier molecular flexibility index (Phi) is 10.3. The van der Waals surface area contributed by atoms with E-state index < -0.39 is 37.1 Å². The van der Waals surface area contributed by atoms with Crippen molar-refractivity contribution >= 4 is 5.91 Å². The molecule has 24 heavy (non-hydrogen) atoms. The van der Waals surface area contributed by atoms with Crippen molar-refractivity contribution in [1.82, 2.24) is 5.32 Å². The molecule has 1 heterocycles. The molecule has 0 aromatic rings. The molecule has 6 N–H and O–H groups in total. The number of aliphatic hydroxyl groups is 3. The van der Waals surface area contributed by atoms with E-state index in [0.29, 0.717) is 45.8 Å². The van der Waals surface area contributed by atoms with Gasteiger partial charge in [0.15, 0.2) is 0 Å². The smallest absolute Gasteiger partial charge is 0.217 e. The number of nitrogens with one attached hydrogen (secondary N) is 1. The van der Waals surface area contributed by atoms with Crippen molar-refractivity contribution in [2.75, 3.05) is 39.6 Å². The molecule has 0 bridgehead atoms. The number of rotatable bonds is 11. The number of aliphatic hydroxyl groups excluding tert-OH is 3. The van der Waals surface area contributed by atoms with Crippen molar-refractivity contribution in [2.45, 2.75) is 50.2 Å². The van der Waals surface area contributed by atoms with Gasteiger partial charge < -0.3 is 40.6 Å². The molecule has 1 rings (SSSR count). The zero-order valence-corrected chi connectivity index (χ0v) is 14.1. The second-order valence-corrected chi connectivity index (χ2v) is 5.76. The molecular formula is C15H30N2O7. The molecule has 0 saturated carbocycles. The van der Waals surface area contributed by atoms with E-state index in [2.05, 4.69) is 5.32 Å². The monoisotopic (exact) mass is 350 g/mol. The summed E-state index contributed by atoms with van der Waals surface area (Å²) < 4.78 is 16.2. The Hall–Kier alpha value is -0.810. The first-order valence-electron chi connectivity index (χ1n) is 8.26. The van der Waals surface area contributed by atoms with Crippen LogP contribution < -0.4 is 11.1 Å². The Morgan fingerprint density at radius 3 is 2.38 bits per heavy atom. The van der Waals surface area contributed by atoms with E-state index in [-0.39, 0.29) is 5.91 Å². The van der Waals surface area contributed by atoms with Crippen molar-refractivity contribution in [3.05, 3.63) is 0 Å². The average Bonchev–Trinajstić information content (AvgIpc) is 2.55. The number of hydrogen-bond donors (Lipinski definition) is 5. The quantitative estimate of drug-likeness (QED) is 0.263. The summed E-state index contributed by atoms with van der Waals surface area (Å²) in [4.78, 5) is 11.3. The third kappa shape index (κ3) is 6.98. The SMILES string of the molecule is CC(=O)N[C@H]1[C@@H](CCCOCCOCCN)O[C@H](CO)C(O)[C@@H]1O. The largest absolute Gasteiger partial charge is 0.394 e. The van der Waals surface area contributed by atoms with Crippen LogP contribution in [0.2, 0.25) is 0 Å². The van der Waals surface area contributed by atoms with Crippen LogP contribution in [0, 0.1) is 0 Å². The lowest BCUT2D eigenvalue weighted by molar-refractivity contribution is -0.197.